The minimum Gasteiger partial charge on any atom is -0.472 e. The molecular formula is C24H33FN4O7S. The molecule has 0 N–H and O–H groups in total. The zero-order valence-electron chi connectivity index (χ0n) is 20.9. The first-order valence-corrected chi connectivity index (χ1v) is 14.6. The van der Waals surface area contributed by atoms with Crippen LogP contribution in [0.3, 0.4) is 0 Å². The summed E-state index contributed by atoms with van der Waals surface area (Å²) in [6, 6.07) is 0. The van der Waals surface area contributed by atoms with Crippen molar-refractivity contribution < 1.29 is 36.6 Å². The smallest absolute Gasteiger partial charge is 0.410 e. The first kappa shape index (κ1) is 25.1. The van der Waals surface area contributed by atoms with Crippen LogP contribution in [-0.4, -0.2) is 96.1 Å². The summed E-state index contributed by atoms with van der Waals surface area (Å²) in [5.41, 5.74) is -0.349. The highest BCUT2D eigenvalue weighted by atomic mass is 32.2. The molecule has 4 heterocycles. The first-order valence-electron chi connectivity index (χ1n) is 13.1. The van der Waals surface area contributed by atoms with Gasteiger partial charge in [-0.1, -0.05) is 0 Å². The summed E-state index contributed by atoms with van der Waals surface area (Å²) in [6.45, 7) is 4.21. The van der Waals surface area contributed by atoms with E-state index in [-0.39, 0.29) is 52.7 Å². The summed E-state index contributed by atoms with van der Waals surface area (Å²) < 4.78 is 65.0. The van der Waals surface area contributed by atoms with E-state index >= 15 is 4.39 Å². The third-order valence-electron chi connectivity index (χ3n) is 8.01. The number of fused-ring (bicyclic) bond motifs is 2. The second kappa shape index (κ2) is 9.49. The van der Waals surface area contributed by atoms with Gasteiger partial charge in [0.15, 0.2) is 0 Å². The van der Waals surface area contributed by atoms with Gasteiger partial charge < -0.3 is 23.8 Å². The van der Waals surface area contributed by atoms with Crippen LogP contribution in [0.1, 0.15) is 45.4 Å². The number of sulfonamides is 1. The summed E-state index contributed by atoms with van der Waals surface area (Å²) in [5.74, 6) is -1.47. The fourth-order valence-electron chi connectivity index (χ4n) is 5.37. The molecule has 3 aliphatic heterocycles. The number of hydrogen-bond acceptors (Lipinski definition) is 9. The molecule has 2 atom stereocenters. The lowest BCUT2D eigenvalue weighted by atomic mass is 9.84. The molecule has 1 aromatic rings. The van der Waals surface area contributed by atoms with Crippen molar-refractivity contribution >= 4 is 16.1 Å². The Morgan fingerprint density at radius 2 is 1.68 bits per heavy atom. The molecule has 204 valence electrons. The molecule has 6 rings (SSSR count). The van der Waals surface area contributed by atoms with Crippen molar-refractivity contribution in [1.29, 1.82) is 0 Å². The van der Waals surface area contributed by atoms with Crippen molar-refractivity contribution in [1.82, 2.24) is 19.2 Å². The van der Waals surface area contributed by atoms with Crippen LogP contribution in [-0.2, 0) is 19.5 Å². The third kappa shape index (κ3) is 5.22. The summed E-state index contributed by atoms with van der Waals surface area (Å²) in [4.78, 5) is 22.3. The number of carbonyl (C=O) groups excluding carboxylic acids is 1. The van der Waals surface area contributed by atoms with Crippen LogP contribution in [0.2, 0.25) is 0 Å². The predicted molar refractivity (Wildman–Crippen MR) is 127 cm³/mol. The van der Waals surface area contributed by atoms with E-state index in [1.165, 1.54) is 10.6 Å². The highest BCUT2D eigenvalue weighted by molar-refractivity contribution is 7.90. The molecule has 1 aromatic heterocycles. The molecule has 2 bridgehead atoms. The number of piperidine rings is 2. The van der Waals surface area contributed by atoms with Gasteiger partial charge in [0.05, 0.1) is 18.5 Å². The molecule has 11 nitrogen and oxygen atoms in total. The summed E-state index contributed by atoms with van der Waals surface area (Å²) in [6.07, 6.45) is 4.29. The minimum absolute atomic E-state index is 0.150. The fourth-order valence-corrected chi connectivity index (χ4v) is 7.24. The molecule has 2 saturated carbocycles. The van der Waals surface area contributed by atoms with Crippen molar-refractivity contribution in [3.8, 4) is 11.8 Å². The van der Waals surface area contributed by atoms with E-state index < -0.39 is 15.8 Å². The van der Waals surface area contributed by atoms with Gasteiger partial charge in [0.2, 0.25) is 15.8 Å². The summed E-state index contributed by atoms with van der Waals surface area (Å²) in [7, 11) is -3.22. The molecular weight excluding hydrogens is 507 g/mol. The highest BCUT2D eigenvalue weighted by Gasteiger charge is 2.48. The average Bonchev–Trinajstić information content (AvgIpc) is 3.79. The lowest BCUT2D eigenvalue weighted by Gasteiger charge is -2.46. The lowest BCUT2D eigenvalue weighted by molar-refractivity contribution is -0.112. The molecule has 2 aliphatic carbocycles. The van der Waals surface area contributed by atoms with E-state index in [2.05, 4.69) is 9.97 Å². The van der Waals surface area contributed by atoms with Gasteiger partial charge in [-0.3, -0.25) is 0 Å². The Morgan fingerprint density at radius 3 is 2.27 bits per heavy atom. The standard InChI is InChI=1S/C24H33FN4O7S/c1-24(6-7-24)36-23(30)28-10-15-12-33-13-16(11-28)20(15)35-22-19(25)21(26-14-27-22)34-17-4-8-29(9-5-17)37(31,32)18-2-3-18/h14-18,20H,2-13H2,1H3. The number of carbonyl (C=O) groups is 1. The summed E-state index contributed by atoms with van der Waals surface area (Å²) >= 11 is 0. The van der Waals surface area contributed by atoms with Gasteiger partial charge >= 0.3 is 6.09 Å². The molecule has 5 fully saturated rings. The maximum atomic E-state index is 15.3. The number of rotatable bonds is 7. The lowest BCUT2D eigenvalue weighted by Crippen LogP contribution is -2.59. The average molecular weight is 541 g/mol. The molecule has 5 aliphatic rings. The van der Waals surface area contributed by atoms with Crippen LogP contribution >= 0.6 is 0 Å². The van der Waals surface area contributed by atoms with Gasteiger partial charge in [-0.15, -0.1) is 0 Å². The topological polar surface area (TPSA) is 120 Å². The van der Waals surface area contributed by atoms with Gasteiger partial charge in [-0.25, -0.2) is 17.5 Å². The van der Waals surface area contributed by atoms with Crippen molar-refractivity contribution in [2.24, 2.45) is 11.8 Å². The summed E-state index contributed by atoms with van der Waals surface area (Å²) in [5, 5.41) is -0.243. The Balaban J connectivity index is 1.07. The number of likely N-dealkylation sites (tertiary alicyclic amines) is 1. The van der Waals surface area contributed by atoms with Crippen LogP contribution in [0.25, 0.3) is 0 Å². The van der Waals surface area contributed by atoms with Crippen LogP contribution in [0, 0.1) is 17.7 Å². The Bertz CT molecular complexity index is 1120. The molecule has 0 aromatic carbocycles. The predicted octanol–water partition coefficient (Wildman–Crippen LogP) is 1.97. The van der Waals surface area contributed by atoms with Crippen LogP contribution in [0.5, 0.6) is 11.8 Å². The largest absolute Gasteiger partial charge is 0.472 e. The van der Waals surface area contributed by atoms with E-state index in [4.69, 9.17) is 18.9 Å². The molecule has 0 radical (unpaired) electrons. The van der Waals surface area contributed by atoms with Gasteiger partial charge in [-0.05, 0) is 45.4 Å². The highest BCUT2D eigenvalue weighted by Crippen LogP contribution is 2.40. The normalized spacial score (nSPS) is 30.0. The van der Waals surface area contributed by atoms with Crippen molar-refractivity contribution in [3.63, 3.8) is 0 Å². The molecule has 37 heavy (non-hydrogen) atoms. The van der Waals surface area contributed by atoms with Crippen LogP contribution in [0.4, 0.5) is 9.18 Å². The Labute approximate surface area is 215 Å². The zero-order chi connectivity index (χ0) is 25.8. The minimum atomic E-state index is -3.22. The zero-order valence-corrected chi connectivity index (χ0v) is 21.7. The fraction of sp³-hybridized carbons (Fsp3) is 0.792. The first-order chi connectivity index (χ1) is 17.7. The maximum absolute atomic E-state index is 15.3. The Hall–Kier alpha value is -2.25. The third-order valence-corrected chi connectivity index (χ3v) is 10.4. The quantitative estimate of drug-likeness (QED) is 0.511. The second-order valence-electron chi connectivity index (χ2n) is 11.1. The van der Waals surface area contributed by atoms with Crippen molar-refractivity contribution in [2.45, 2.75) is 68.5 Å². The van der Waals surface area contributed by atoms with E-state index in [0.717, 1.165) is 25.7 Å². The number of aromatic nitrogens is 2. The molecule has 3 saturated heterocycles. The number of amides is 1. The van der Waals surface area contributed by atoms with E-state index in [1.807, 2.05) is 6.92 Å². The molecule has 13 heteroatoms. The molecule has 2 unspecified atom stereocenters. The maximum Gasteiger partial charge on any atom is 0.410 e. The number of ether oxygens (including phenoxy) is 4. The monoisotopic (exact) mass is 540 g/mol. The van der Waals surface area contributed by atoms with Gasteiger partial charge in [0, 0.05) is 38.0 Å². The van der Waals surface area contributed by atoms with Gasteiger partial charge in [-0.2, -0.15) is 14.4 Å². The van der Waals surface area contributed by atoms with Gasteiger partial charge in [0.1, 0.15) is 24.1 Å². The van der Waals surface area contributed by atoms with E-state index in [9.17, 15) is 13.2 Å². The van der Waals surface area contributed by atoms with Crippen molar-refractivity contribution in [2.75, 3.05) is 39.4 Å². The van der Waals surface area contributed by atoms with Gasteiger partial charge in [0.25, 0.3) is 11.8 Å². The number of halogens is 1. The second-order valence-corrected chi connectivity index (χ2v) is 13.3. The number of hydrogen-bond donors (Lipinski definition) is 0. The Morgan fingerprint density at radius 1 is 1.05 bits per heavy atom. The number of nitrogens with zero attached hydrogens (tertiary/aromatic N) is 4. The van der Waals surface area contributed by atoms with Crippen LogP contribution < -0.4 is 9.47 Å². The Kier molecular flexibility index (Phi) is 6.43. The molecule has 0 spiro atoms. The SMILES string of the molecule is CC1(OC(=O)N2CC3COCC(C2)C3Oc2ncnc(OC3CCN(S(=O)(=O)C4CC4)CC3)c2F)CC1. The van der Waals surface area contributed by atoms with E-state index in [1.54, 1.807) is 4.90 Å². The van der Waals surface area contributed by atoms with E-state index in [0.29, 0.717) is 52.2 Å². The van der Waals surface area contributed by atoms with Crippen LogP contribution in [0.15, 0.2) is 6.33 Å². The van der Waals surface area contributed by atoms with Crippen molar-refractivity contribution in [3.05, 3.63) is 12.1 Å². The molecule has 1 amide bonds.